The van der Waals surface area contributed by atoms with Gasteiger partial charge in [0.05, 0.1) is 5.69 Å². The third-order valence-electron chi connectivity index (χ3n) is 4.31. The lowest BCUT2D eigenvalue weighted by molar-refractivity contribution is 0.649. The largest absolute Gasteiger partial charge is 0.329 e. The van der Waals surface area contributed by atoms with Gasteiger partial charge in [0.25, 0.3) is 0 Å². The lowest BCUT2D eigenvalue weighted by atomic mass is 9.97. The minimum atomic E-state index is 0.0442. The molecule has 1 heterocycles. The molecule has 3 nitrogen and oxygen atoms in total. The quantitative estimate of drug-likeness (QED) is 0.930. The summed E-state index contributed by atoms with van der Waals surface area (Å²) in [5.41, 5.74) is 12.0. The van der Waals surface area contributed by atoms with Gasteiger partial charge in [-0.1, -0.05) is 17.7 Å². The van der Waals surface area contributed by atoms with E-state index in [1.165, 1.54) is 22.3 Å². The van der Waals surface area contributed by atoms with Crippen LogP contribution in [0.25, 0.3) is 11.3 Å². The molecule has 3 rings (SSSR count). The molecule has 0 radical (unpaired) electrons. The van der Waals surface area contributed by atoms with E-state index < -0.39 is 0 Å². The number of hydrogen-bond donors (Lipinski definition) is 1. The van der Waals surface area contributed by atoms with Crippen molar-refractivity contribution in [2.45, 2.75) is 39.0 Å². The molecule has 1 saturated carbocycles. The molecular weight excluding hydrogens is 246 g/mol. The van der Waals surface area contributed by atoms with E-state index in [9.17, 15) is 0 Å². The van der Waals surface area contributed by atoms with Gasteiger partial charge in [0.1, 0.15) is 5.82 Å². The Labute approximate surface area is 120 Å². The monoisotopic (exact) mass is 267 g/mol. The van der Waals surface area contributed by atoms with Crippen molar-refractivity contribution in [1.82, 2.24) is 9.97 Å². The highest BCUT2D eigenvalue weighted by atomic mass is 14.9. The van der Waals surface area contributed by atoms with Crippen LogP contribution >= 0.6 is 0 Å². The summed E-state index contributed by atoms with van der Waals surface area (Å²) in [5.74, 6) is 0.914. The van der Waals surface area contributed by atoms with Crippen LogP contribution in [-0.2, 0) is 5.41 Å². The van der Waals surface area contributed by atoms with Crippen molar-refractivity contribution in [3.63, 3.8) is 0 Å². The summed E-state index contributed by atoms with van der Waals surface area (Å²) in [4.78, 5) is 9.26. The number of benzene rings is 1. The average Bonchev–Trinajstić information content (AvgIpc) is 3.19. The zero-order chi connectivity index (χ0) is 14.3. The Kier molecular flexibility index (Phi) is 3.09. The Morgan fingerprint density at radius 3 is 2.35 bits per heavy atom. The van der Waals surface area contributed by atoms with E-state index in [4.69, 9.17) is 10.7 Å². The molecule has 1 fully saturated rings. The molecule has 2 N–H and O–H groups in total. The third-order valence-corrected chi connectivity index (χ3v) is 4.31. The van der Waals surface area contributed by atoms with E-state index in [0.29, 0.717) is 6.54 Å². The zero-order valence-electron chi connectivity index (χ0n) is 12.4. The minimum absolute atomic E-state index is 0.0442. The van der Waals surface area contributed by atoms with Gasteiger partial charge < -0.3 is 5.73 Å². The Morgan fingerprint density at radius 2 is 1.80 bits per heavy atom. The highest BCUT2D eigenvalue weighted by Crippen LogP contribution is 2.45. The topological polar surface area (TPSA) is 51.8 Å². The van der Waals surface area contributed by atoms with E-state index >= 15 is 0 Å². The molecule has 1 aromatic carbocycles. The summed E-state index contributed by atoms with van der Waals surface area (Å²) in [6.45, 7) is 7.06. The van der Waals surface area contributed by atoms with Gasteiger partial charge in [-0.05, 0) is 50.8 Å². The van der Waals surface area contributed by atoms with E-state index in [1.807, 2.05) is 12.3 Å². The molecule has 1 aliphatic carbocycles. The second-order valence-electron chi connectivity index (χ2n) is 6.02. The standard InChI is InChI=1S/C17H21N3/c1-11-8-12(2)15(13(3)9-11)14-4-7-19-16(20-14)17(10-18)5-6-17/h4,7-9H,5-6,10,18H2,1-3H3. The Bertz CT molecular complexity index is 634. The van der Waals surface area contributed by atoms with Gasteiger partial charge in [0.15, 0.2) is 0 Å². The SMILES string of the molecule is Cc1cc(C)c(-c2ccnc(C3(CN)CC3)n2)c(C)c1. The molecule has 0 saturated heterocycles. The van der Waals surface area contributed by atoms with Crippen LogP contribution < -0.4 is 5.73 Å². The number of aromatic nitrogens is 2. The number of nitrogens with two attached hydrogens (primary N) is 1. The predicted molar refractivity (Wildman–Crippen MR) is 81.6 cm³/mol. The van der Waals surface area contributed by atoms with Crippen molar-refractivity contribution >= 4 is 0 Å². The first-order valence-electron chi connectivity index (χ1n) is 7.17. The van der Waals surface area contributed by atoms with Gasteiger partial charge in [0, 0.05) is 23.7 Å². The van der Waals surface area contributed by atoms with Gasteiger partial charge in [-0.25, -0.2) is 9.97 Å². The maximum atomic E-state index is 5.89. The Morgan fingerprint density at radius 1 is 1.15 bits per heavy atom. The van der Waals surface area contributed by atoms with Crippen LogP contribution in [-0.4, -0.2) is 16.5 Å². The predicted octanol–water partition coefficient (Wildman–Crippen LogP) is 3.06. The Balaban J connectivity index is 2.10. The second-order valence-corrected chi connectivity index (χ2v) is 6.02. The maximum absolute atomic E-state index is 5.89. The molecule has 3 heteroatoms. The fourth-order valence-electron chi connectivity index (χ4n) is 3.01. The number of hydrogen-bond acceptors (Lipinski definition) is 3. The first-order chi connectivity index (χ1) is 9.55. The first-order valence-corrected chi connectivity index (χ1v) is 7.17. The van der Waals surface area contributed by atoms with Crippen LogP contribution in [0.15, 0.2) is 24.4 Å². The summed E-state index contributed by atoms with van der Waals surface area (Å²) < 4.78 is 0. The summed E-state index contributed by atoms with van der Waals surface area (Å²) in [6, 6.07) is 6.42. The van der Waals surface area contributed by atoms with Crippen LogP contribution in [0.4, 0.5) is 0 Å². The number of nitrogens with zero attached hydrogens (tertiary/aromatic N) is 2. The summed E-state index contributed by atoms with van der Waals surface area (Å²) >= 11 is 0. The highest BCUT2D eigenvalue weighted by Gasteiger charge is 2.45. The molecule has 20 heavy (non-hydrogen) atoms. The van der Waals surface area contributed by atoms with Crippen molar-refractivity contribution < 1.29 is 0 Å². The van der Waals surface area contributed by atoms with Crippen LogP contribution in [0, 0.1) is 20.8 Å². The summed E-state index contributed by atoms with van der Waals surface area (Å²) in [6.07, 6.45) is 4.09. The molecule has 0 atom stereocenters. The van der Waals surface area contributed by atoms with Crippen molar-refractivity contribution in [2.75, 3.05) is 6.54 Å². The van der Waals surface area contributed by atoms with Crippen LogP contribution in [0.1, 0.15) is 35.4 Å². The maximum Gasteiger partial charge on any atom is 0.136 e. The van der Waals surface area contributed by atoms with Crippen LogP contribution in [0.3, 0.4) is 0 Å². The summed E-state index contributed by atoms with van der Waals surface area (Å²) in [7, 11) is 0. The van der Waals surface area contributed by atoms with Crippen molar-refractivity contribution in [1.29, 1.82) is 0 Å². The minimum Gasteiger partial charge on any atom is -0.329 e. The van der Waals surface area contributed by atoms with E-state index in [2.05, 4.69) is 37.9 Å². The molecule has 0 spiro atoms. The van der Waals surface area contributed by atoms with Crippen LogP contribution in [0.2, 0.25) is 0 Å². The summed E-state index contributed by atoms with van der Waals surface area (Å²) in [5, 5.41) is 0. The lowest BCUT2D eigenvalue weighted by Gasteiger charge is -2.14. The molecule has 104 valence electrons. The Hall–Kier alpha value is -1.74. The van der Waals surface area contributed by atoms with Crippen molar-refractivity contribution in [2.24, 2.45) is 5.73 Å². The van der Waals surface area contributed by atoms with Crippen molar-refractivity contribution in [3.8, 4) is 11.3 Å². The normalized spacial score (nSPS) is 16.2. The smallest absolute Gasteiger partial charge is 0.136 e. The molecule has 0 amide bonds. The fraction of sp³-hybridized carbons (Fsp3) is 0.412. The van der Waals surface area contributed by atoms with Gasteiger partial charge in [-0.3, -0.25) is 0 Å². The highest BCUT2D eigenvalue weighted by molar-refractivity contribution is 5.68. The van der Waals surface area contributed by atoms with Crippen molar-refractivity contribution in [3.05, 3.63) is 46.9 Å². The second kappa shape index (κ2) is 4.67. The first kappa shape index (κ1) is 13.3. The molecule has 0 bridgehead atoms. The van der Waals surface area contributed by atoms with E-state index in [-0.39, 0.29) is 5.41 Å². The van der Waals surface area contributed by atoms with E-state index in [1.54, 1.807) is 0 Å². The van der Waals surface area contributed by atoms with Gasteiger partial charge in [0.2, 0.25) is 0 Å². The molecule has 1 aliphatic rings. The average molecular weight is 267 g/mol. The molecule has 0 aliphatic heterocycles. The molecule has 1 aromatic heterocycles. The molecule has 0 unspecified atom stereocenters. The third kappa shape index (κ3) is 2.12. The van der Waals surface area contributed by atoms with Gasteiger partial charge in [-0.2, -0.15) is 0 Å². The van der Waals surface area contributed by atoms with E-state index in [0.717, 1.165) is 24.4 Å². The fourth-order valence-corrected chi connectivity index (χ4v) is 3.01. The number of rotatable bonds is 3. The zero-order valence-corrected chi connectivity index (χ0v) is 12.4. The number of aryl methyl sites for hydroxylation is 3. The van der Waals surface area contributed by atoms with Gasteiger partial charge >= 0.3 is 0 Å². The molecule has 2 aromatic rings. The van der Waals surface area contributed by atoms with Gasteiger partial charge in [-0.15, -0.1) is 0 Å². The lowest BCUT2D eigenvalue weighted by Crippen LogP contribution is -2.22. The molecular formula is C17H21N3. The van der Waals surface area contributed by atoms with Crippen LogP contribution in [0.5, 0.6) is 0 Å².